The van der Waals surface area contributed by atoms with Crippen molar-refractivity contribution < 1.29 is 0 Å². The Balaban J connectivity index is 2.25. The third kappa shape index (κ3) is 1.68. The molecule has 18 heavy (non-hydrogen) atoms. The number of rotatable bonds is 1. The highest BCUT2D eigenvalue weighted by Gasteiger charge is 2.10. The van der Waals surface area contributed by atoms with E-state index in [-0.39, 0.29) is 0 Å². The van der Waals surface area contributed by atoms with Gasteiger partial charge in [0.1, 0.15) is 5.65 Å². The molecule has 3 nitrogen and oxygen atoms in total. The SMILES string of the molecule is Cc1cc(C)c(-c2ncc3cc[nH]c3n2)c(C)c1. The fraction of sp³-hybridized carbons (Fsp3) is 0.200. The molecule has 0 radical (unpaired) electrons. The van der Waals surface area contributed by atoms with Crippen LogP contribution in [0.4, 0.5) is 0 Å². The lowest BCUT2D eigenvalue weighted by atomic mass is 9.99. The van der Waals surface area contributed by atoms with E-state index >= 15 is 0 Å². The topological polar surface area (TPSA) is 41.6 Å². The highest BCUT2D eigenvalue weighted by Crippen LogP contribution is 2.26. The molecule has 0 spiro atoms. The van der Waals surface area contributed by atoms with Gasteiger partial charge in [0.05, 0.1) is 0 Å². The lowest BCUT2D eigenvalue weighted by Crippen LogP contribution is -1.95. The predicted octanol–water partition coefficient (Wildman–Crippen LogP) is 3.55. The predicted molar refractivity (Wildman–Crippen MR) is 73.5 cm³/mol. The van der Waals surface area contributed by atoms with Crippen molar-refractivity contribution >= 4 is 11.0 Å². The minimum atomic E-state index is 0.792. The smallest absolute Gasteiger partial charge is 0.162 e. The van der Waals surface area contributed by atoms with Gasteiger partial charge < -0.3 is 4.98 Å². The second kappa shape index (κ2) is 3.95. The molecule has 0 fully saturated rings. The number of nitrogens with one attached hydrogen (secondary N) is 1. The molecule has 0 amide bonds. The largest absolute Gasteiger partial charge is 0.346 e. The molecule has 0 atom stereocenters. The summed E-state index contributed by atoms with van der Waals surface area (Å²) in [6.45, 7) is 6.33. The zero-order chi connectivity index (χ0) is 12.7. The molecular formula is C15H15N3. The van der Waals surface area contributed by atoms with Crippen LogP contribution in [0.25, 0.3) is 22.4 Å². The Morgan fingerprint density at radius 2 is 1.78 bits per heavy atom. The van der Waals surface area contributed by atoms with Gasteiger partial charge in [-0.2, -0.15) is 0 Å². The van der Waals surface area contributed by atoms with Gasteiger partial charge in [0.25, 0.3) is 0 Å². The number of benzene rings is 1. The van der Waals surface area contributed by atoms with Gasteiger partial charge in [0, 0.05) is 23.3 Å². The molecule has 1 N–H and O–H groups in total. The number of hydrogen-bond donors (Lipinski definition) is 1. The summed E-state index contributed by atoms with van der Waals surface area (Å²) < 4.78 is 0. The van der Waals surface area contributed by atoms with Crippen LogP contribution in [0.2, 0.25) is 0 Å². The molecule has 3 rings (SSSR count). The molecule has 2 aromatic heterocycles. The summed E-state index contributed by atoms with van der Waals surface area (Å²) >= 11 is 0. The summed E-state index contributed by atoms with van der Waals surface area (Å²) in [7, 11) is 0. The monoisotopic (exact) mass is 237 g/mol. The second-order valence-electron chi connectivity index (χ2n) is 4.75. The van der Waals surface area contributed by atoms with Crippen molar-refractivity contribution in [2.75, 3.05) is 0 Å². The van der Waals surface area contributed by atoms with Crippen molar-refractivity contribution in [2.24, 2.45) is 0 Å². The Morgan fingerprint density at radius 1 is 1.06 bits per heavy atom. The van der Waals surface area contributed by atoms with Crippen LogP contribution in [-0.4, -0.2) is 15.0 Å². The van der Waals surface area contributed by atoms with Crippen LogP contribution >= 0.6 is 0 Å². The highest BCUT2D eigenvalue weighted by molar-refractivity contribution is 5.77. The van der Waals surface area contributed by atoms with Gasteiger partial charge in [0.15, 0.2) is 5.82 Å². The lowest BCUT2D eigenvalue weighted by Gasteiger charge is -2.09. The van der Waals surface area contributed by atoms with E-state index in [1.165, 1.54) is 16.7 Å². The molecule has 0 bridgehead atoms. The average molecular weight is 237 g/mol. The van der Waals surface area contributed by atoms with E-state index < -0.39 is 0 Å². The van der Waals surface area contributed by atoms with Gasteiger partial charge >= 0.3 is 0 Å². The number of nitrogens with zero attached hydrogens (tertiary/aromatic N) is 2. The maximum atomic E-state index is 4.59. The molecule has 90 valence electrons. The van der Waals surface area contributed by atoms with E-state index in [4.69, 9.17) is 0 Å². The summed E-state index contributed by atoms with van der Waals surface area (Å²) in [6.07, 6.45) is 3.75. The van der Waals surface area contributed by atoms with Crippen molar-refractivity contribution in [1.29, 1.82) is 0 Å². The first-order valence-corrected chi connectivity index (χ1v) is 6.03. The molecule has 0 aliphatic carbocycles. The van der Waals surface area contributed by atoms with Gasteiger partial charge in [-0.15, -0.1) is 0 Å². The molecule has 0 aliphatic rings. The van der Waals surface area contributed by atoms with Crippen molar-refractivity contribution in [3.8, 4) is 11.4 Å². The first-order chi connectivity index (χ1) is 8.65. The Labute approximate surface area is 106 Å². The standard InChI is InChI=1S/C15H15N3/c1-9-6-10(2)13(11(3)7-9)15-17-8-12-4-5-16-14(12)18-15/h4-8H,1-3H3,(H,16,17,18). The third-order valence-electron chi connectivity index (χ3n) is 3.20. The van der Waals surface area contributed by atoms with E-state index in [1.807, 2.05) is 18.5 Å². The van der Waals surface area contributed by atoms with E-state index in [9.17, 15) is 0 Å². The Hall–Kier alpha value is -2.16. The lowest BCUT2D eigenvalue weighted by molar-refractivity contribution is 1.18. The molecule has 2 heterocycles. The zero-order valence-electron chi connectivity index (χ0n) is 10.8. The zero-order valence-corrected chi connectivity index (χ0v) is 10.8. The van der Waals surface area contributed by atoms with E-state index in [0.717, 1.165) is 22.4 Å². The van der Waals surface area contributed by atoms with Crippen LogP contribution in [0, 0.1) is 20.8 Å². The van der Waals surface area contributed by atoms with E-state index in [2.05, 4.69) is 47.9 Å². The van der Waals surface area contributed by atoms with Crippen molar-refractivity contribution in [2.45, 2.75) is 20.8 Å². The van der Waals surface area contributed by atoms with Crippen molar-refractivity contribution in [3.05, 3.63) is 47.3 Å². The summed E-state index contributed by atoms with van der Waals surface area (Å²) in [4.78, 5) is 12.2. The normalized spacial score (nSPS) is 11.1. The summed E-state index contributed by atoms with van der Waals surface area (Å²) in [5, 5.41) is 1.04. The fourth-order valence-electron chi connectivity index (χ4n) is 2.49. The number of hydrogen-bond acceptors (Lipinski definition) is 2. The Bertz CT molecular complexity index is 702. The van der Waals surface area contributed by atoms with Crippen molar-refractivity contribution in [3.63, 3.8) is 0 Å². The highest BCUT2D eigenvalue weighted by atomic mass is 14.9. The quantitative estimate of drug-likeness (QED) is 0.703. The van der Waals surface area contributed by atoms with Crippen LogP contribution in [-0.2, 0) is 0 Å². The number of aromatic nitrogens is 3. The summed E-state index contributed by atoms with van der Waals surface area (Å²) in [6, 6.07) is 6.32. The van der Waals surface area contributed by atoms with Crippen LogP contribution in [0.1, 0.15) is 16.7 Å². The average Bonchev–Trinajstić information content (AvgIpc) is 2.74. The first-order valence-electron chi connectivity index (χ1n) is 6.03. The van der Waals surface area contributed by atoms with E-state index in [0.29, 0.717) is 0 Å². The summed E-state index contributed by atoms with van der Waals surface area (Å²) in [5.74, 6) is 0.792. The number of aromatic amines is 1. The van der Waals surface area contributed by atoms with Gasteiger partial charge in [-0.1, -0.05) is 17.7 Å². The first kappa shape index (κ1) is 11.0. The minimum absolute atomic E-state index is 0.792. The number of H-pyrrole nitrogens is 1. The molecule has 0 aliphatic heterocycles. The molecule has 1 aromatic carbocycles. The van der Waals surface area contributed by atoms with Gasteiger partial charge in [-0.25, -0.2) is 9.97 Å². The number of fused-ring (bicyclic) bond motifs is 1. The third-order valence-corrected chi connectivity index (χ3v) is 3.20. The molecular weight excluding hydrogens is 222 g/mol. The van der Waals surface area contributed by atoms with Gasteiger partial charge in [-0.05, 0) is 38.0 Å². The Morgan fingerprint density at radius 3 is 2.50 bits per heavy atom. The van der Waals surface area contributed by atoms with Crippen LogP contribution in [0.15, 0.2) is 30.6 Å². The van der Waals surface area contributed by atoms with Crippen molar-refractivity contribution in [1.82, 2.24) is 15.0 Å². The molecule has 0 saturated carbocycles. The molecule has 3 aromatic rings. The second-order valence-corrected chi connectivity index (χ2v) is 4.75. The number of aryl methyl sites for hydroxylation is 3. The van der Waals surface area contributed by atoms with Gasteiger partial charge in [0.2, 0.25) is 0 Å². The van der Waals surface area contributed by atoms with Gasteiger partial charge in [-0.3, -0.25) is 0 Å². The summed E-state index contributed by atoms with van der Waals surface area (Å²) in [5.41, 5.74) is 5.74. The Kier molecular flexibility index (Phi) is 2.40. The van der Waals surface area contributed by atoms with Crippen LogP contribution < -0.4 is 0 Å². The van der Waals surface area contributed by atoms with Crippen LogP contribution in [0.5, 0.6) is 0 Å². The fourth-order valence-corrected chi connectivity index (χ4v) is 2.49. The van der Waals surface area contributed by atoms with E-state index in [1.54, 1.807) is 0 Å². The molecule has 0 unspecified atom stereocenters. The molecule has 3 heteroatoms. The maximum absolute atomic E-state index is 4.59. The molecule has 0 saturated heterocycles. The van der Waals surface area contributed by atoms with Crippen LogP contribution in [0.3, 0.4) is 0 Å². The minimum Gasteiger partial charge on any atom is -0.346 e. The maximum Gasteiger partial charge on any atom is 0.162 e.